The second kappa shape index (κ2) is 8.55. The average Bonchev–Trinajstić information content (AvgIpc) is 2.42. The maximum Gasteiger partial charge on any atom is 0.378 e. The van der Waals surface area contributed by atoms with Gasteiger partial charge in [0, 0.05) is 14.3 Å². The Morgan fingerprint density at radius 1 is 1.13 bits per heavy atom. The van der Waals surface area contributed by atoms with Crippen LogP contribution in [0.5, 0.6) is 0 Å². The smallest absolute Gasteiger partial charge is 0.378 e. The Morgan fingerprint density at radius 2 is 1.57 bits per heavy atom. The number of aliphatic carboxylic acids is 1. The molecule has 0 aliphatic rings. The number of hydrogen-bond acceptors (Lipinski definition) is 3. The lowest BCUT2D eigenvalue weighted by Gasteiger charge is -2.27. The second-order valence-electron chi connectivity index (χ2n) is 4.84. The van der Waals surface area contributed by atoms with Crippen molar-refractivity contribution in [1.29, 1.82) is 0 Å². The molecule has 0 spiro atoms. The maximum atomic E-state index is 13.8. The summed E-state index contributed by atoms with van der Waals surface area (Å²) in [5.74, 6) is -8.28. The van der Waals surface area contributed by atoms with Crippen molar-refractivity contribution in [3.8, 4) is 0 Å². The van der Waals surface area contributed by atoms with Gasteiger partial charge in [0.05, 0.1) is 5.56 Å². The van der Waals surface area contributed by atoms with Crippen molar-refractivity contribution in [2.24, 2.45) is 5.92 Å². The lowest BCUT2D eigenvalue weighted by molar-refractivity contribution is -0.187. The molecule has 10 heteroatoms. The summed E-state index contributed by atoms with van der Waals surface area (Å²) in [5, 5.41) is 8.69. The van der Waals surface area contributed by atoms with Crippen LogP contribution >= 0.6 is 90.4 Å². The lowest BCUT2D eigenvalue weighted by Crippen LogP contribution is -2.47. The highest BCUT2D eigenvalue weighted by atomic mass is 127. The molecule has 0 heterocycles. The first-order valence-corrected chi connectivity index (χ1v) is 10.4. The van der Waals surface area contributed by atoms with Gasteiger partial charge < -0.3 is 9.84 Å². The number of carbonyl (C=O) groups excluding carboxylic acids is 1. The predicted octanol–water partition coefficient (Wildman–Crippen LogP) is 5.01. The average molecular weight is 776 g/mol. The van der Waals surface area contributed by atoms with Crippen LogP contribution in [0.2, 0.25) is 0 Å². The van der Waals surface area contributed by atoms with Crippen molar-refractivity contribution in [1.82, 2.24) is 0 Å². The van der Waals surface area contributed by atoms with Gasteiger partial charge in [-0.05, 0) is 102 Å². The minimum absolute atomic E-state index is 0.175. The molecule has 0 amide bonds. The number of carboxylic acid groups (broad SMARTS) is 1. The van der Waals surface area contributed by atoms with Gasteiger partial charge in [-0.25, -0.2) is 9.59 Å². The van der Waals surface area contributed by atoms with Crippen LogP contribution in [0.25, 0.3) is 0 Å². The molecular weight excluding hydrogens is 766 g/mol. The van der Waals surface area contributed by atoms with Crippen LogP contribution in [-0.4, -0.2) is 29.1 Å². The molecule has 0 fully saturated rings. The van der Waals surface area contributed by atoms with Crippen molar-refractivity contribution in [3.63, 3.8) is 0 Å². The van der Waals surface area contributed by atoms with Crippen molar-refractivity contribution in [3.05, 3.63) is 25.9 Å². The minimum atomic E-state index is -4.16. The van der Waals surface area contributed by atoms with Gasteiger partial charge in [-0.3, -0.25) is 0 Å². The number of benzene rings is 1. The number of alkyl halides is 2. The molecule has 0 saturated heterocycles. The standard InChI is InChI=1S/C13H10F2I4O4/c1-4(2)10(13(14,15)12(21)22)23-11(20)7-8(18)5(16)3-6(17)9(7)19/h3-4,10H,1-2H3,(H,21,22). The Balaban J connectivity index is 3.28. The van der Waals surface area contributed by atoms with Crippen LogP contribution in [0, 0.1) is 20.2 Å². The third-order valence-electron chi connectivity index (χ3n) is 2.80. The first kappa shape index (κ1) is 22.0. The summed E-state index contributed by atoms with van der Waals surface area (Å²) in [6, 6.07) is 1.85. The van der Waals surface area contributed by atoms with E-state index in [1.54, 1.807) is 0 Å². The van der Waals surface area contributed by atoms with Crippen LogP contribution in [0.1, 0.15) is 24.2 Å². The summed E-state index contributed by atoms with van der Waals surface area (Å²) < 4.78 is 35.3. The summed E-state index contributed by atoms with van der Waals surface area (Å²) in [4.78, 5) is 23.2. The highest BCUT2D eigenvalue weighted by molar-refractivity contribution is 14.1. The van der Waals surface area contributed by atoms with Crippen molar-refractivity contribution in [2.75, 3.05) is 0 Å². The molecule has 1 atom stereocenters. The van der Waals surface area contributed by atoms with E-state index in [0.29, 0.717) is 7.14 Å². The molecule has 0 aliphatic heterocycles. The van der Waals surface area contributed by atoms with Crippen LogP contribution in [-0.2, 0) is 9.53 Å². The molecule has 1 N–H and O–H groups in total. The van der Waals surface area contributed by atoms with Gasteiger partial charge in [-0.2, -0.15) is 8.78 Å². The molecule has 0 bridgehead atoms. The third-order valence-corrected chi connectivity index (χ3v) is 8.80. The lowest BCUT2D eigenvalue weighted by atomic mass is 10.0. The largest absolute Gasteiger partial charge is 0.477 e. The van der Waals surface area contributed by atoms with E-state index in [9.17, 15) is 18.4 Å². The van der Waals surface area contributed by atoms with E-state index < -0.39 is 29.9 Å². The van der Waals surface area contributed by atoms with E-state index >= 15 is 0 Å². The SMILES string of the molecule is CC(C)C(OC(=O)c1c(I)c(I)cc(I)c1I)C(F)(F)C(=O)O. The highest BCUT2D eigenvalue weighted by Crippen LogP contribution is 2.32. The van der Waals surface area contributed by atoms with Crippen molar-refractivity contribution >= 4 is 102 Å². The van der Waals surface area contributed by atoms with E-state index in [1.165, 1.54) is 13.8 Å². The normalized spacial score (nSPS) is 13.1. The molecule has 128 valence electrons. The number of esters is 1. The molecule has 4 nitrogen and oxygen atoms in total. The fourth-order valence-corrected chi connectivity index (χ4v) is 5.24. The molecule has 1 unspecified atom stereocenters. The van der Waals surface area contributed by atoms with Crippen molar-refractivity contribution in [2.45, 2.75) is 25.9 Å². The van der Waals surface area contributed by atoms with E-state index in [2.05, 4.69) is 0 Å². The Hall–Kier alpha value is 0.940. The molecular formula is C13H10F2I4O4. The van der Waals surface area contributed by atoms with Gasteiger partial charge in [0.25, 0.3) is 0 Å². The number of carbonyl (C=O) groups is 2. The van der Waals surface area contributed by atoms with E-state index in [0.717, 1.165) is 7.14 Å². The monoisotopic (exact) mass is 776 g/mol. The van der Waals surface area contributed by atoms with Gasteiger partial charge in [0.1, 0.15) is 0 Å². The van der Waals surface area contributed by atoms with Gasteiger partial charge in [-0.15, -0.1) is 0 Å². The molecule has 0 saturated carbocycles. The maximum absolute atomic E-state index is 13.8. The zero-order valence-corrected chi connectivity index (χ0v) is 20.3. The molecule has 0 radical (unpaired) electrons. The van der Waals surface area contributed by atoms with E-state index in [4.69, 9.17) is 9.84 Å². The summed E-state index contributed by atoms with van der Waals surface area (Å²) in [6.45, 7) is 2.76. The third kappa shape index (κ3) is 4.98. The summed E-state index contributed by atoms with van der Waals surface area (Å²) in [5.41, 5.74) is 0.175. The summed E-state index contributed by atoms with van der Waals surface area (Å²) in [6.07, 6.45) is -2.05. The van der Waals surface area contributed by atoms with Crippen LogP contribution < -0.4 is 0 Å². The Kier molecular flexibility index (Phi) is 8.17. The number of hydrogen-bond donors (Lipinski definition) is 1. The summed E-state index contributed by atoms with van der Waals surface area (Å²) in [7, 11) is 0. The fourth-order valence-electron chi connectivity index (χ4n) is 1.68. The molecule has 1 aromatic rings. The molecule has 0 aliphatic carbocycles. The van der Waals surface area contributed by atoms with Crippen LogP contribution in [0.4, 0.5) is 8.78 Å². The summed E-state index contributed by atoms with van der Waals surface area (Å²) >= 11 is 7.95. The van der Waals surface area contributed by atoms with Crippen LogP contribution in [0.15, 0.2) is 6.07 Å². The first-order chi connectivity index (χ1) is 10.4. The highest BCUT2D eigenvalue weighted by Gasteiger charge is 2.52. The van der Waals surface area contributed by atoms with E-state index in [-0.39, 0.29) is 5.56 Å². The molecule has 1 rings (SSSR count). The molecule has 23 heavy (non-hydrogen) atoms. The first-order valence-electron chi connectivity index (χ1n) is 6.06. The number of ether oxygens (including phenoxy) is 1. The van der Waals surface area contributed by atoms with Crippen LogP contribution in [0.3, 0.4) is 0 Å². The number of rotatable bonds is 5. The second-order valence-corrected chi connectivity index (χ2v) is 9.32. The molecule has 1 aromatic carbocycles. The minimum Gasteiger partial charge on any atom is -0.477 e. The fraction of sp³-hybridized carbons (Fsp3) is 0.385. The quantitative estimate of drug-likeness (QED) is 0.260. The van der Waals surface area contributed by atoms with Gasteiger partial charge in [0.15, 0.2) is 6.10 Å². The zero-order valence-electron chi connectivity index (χ0n) is 11.7. The van der Waals surface area contributed by atoms with Gasteiger partial charge in [-0.1, -0.05) is 13.8 Å². The Bertz CT molecular complexity index is 623. The number of carboxylic acids is 1. The Labute approximate surface area is 186 Å². The Morgan fingerprint density at radius 3 is 1.91 bits per heavy atom. The number of halogens is 6. The topological polar surface area (TPSA) is 63.6 Å². The predicted molar refractivity (Wildman–Crippen MR) is 114 cm³/mol. The zero-order chi connectivity index (χ0) is 18.1. The van der Waals surface area contributed by atoms with Crippen molar-refractivity contribution < 1.29 is 28.2 Å². The molecule has 0 aromatic heterocycles. The van der Waals surface area contributed by atoms with E-state index in [1.807, 2.05) is 96.4 Å². The van der Waals surface area contributed by atoms with Gasteiger partial charge >= 0.3 is 17.9 Å². The van der Waals surface area contributed by atoms with Gasteiger partial charge in [0.2, 0.25) is 0 Å².